The summed E-state index contributed by atoms with van der Waals surface area (Å²) < 4.78 is 17.8. The van der Waals surface area contributed by atoms with Gasteiger partial charge in [0.2, 0.25) is 0 Å². The van der Waals surface area contributed by atoms with Gasteiger partial charge in [0.1, 0.15) is 12.4 Å². The Morgan fingerprint density at radius 2 is 2.05 bits per heavy atom. The van der Waals surface area contributed by atoms with Crippen LogP contribution >= 0.6 is 0 Å². The molecule has 0 aliphatic heterocycles. The minimum atomic E-state index is -0.508. The smallest absolute Gasteiger partial charge is 0.325 e. The molecule has 0 spiro atoms. The van der Waals surface area contributed by atoms with E-state index in [1.54, 1.807) is 6.92 Å². The Morgan fingerprint density at radius 3 is 2.60 bits per heavy atom. The molecule has 110 valence electrons. The van der Waals surface area contributed by atoms with Crippen molar-refractivity contribution in [3.8, 4) is 0 Å². The number of amides is 1. The zero-order valence-electron chi connectivity index (χ0n) is 11.7. The fraction of sp³-hybridized carbons (Fsp3) is 0.429. The second-order valence-electron chi connectivity index (χ2n) is 4.26. The van der Waals surface area contributed by atoms with Gasteiger partial charge in [-0.3, -0.25) is 9.59 Å². The third-order valence-electron chi connectivity index (χ3n) is 2.65. The van der Waals surface area contributed by atoms with E-state index in [-0.39, 0.29) is 24.4 Å². The SMILES string of the molecule is CCCN(CC(=O)OCC)C(=O)c1ccc(F)cc1N. The van der Waals surface area contributed by atoms with Crippen LogP contribution in [0.3, 0.4) is 0 Å². The third-order valence-corrected chi connectivity index (χ3v) is 2.65. The highest BCUT2D eigenvalue weighted by molar-refractivity contribution is 6.00. The van der Waals surface area contributed by atoms with E-state index in [1.165, 1.54) is 11.0 Å². The van der Waals surface area contributed by atoms with E-state index in [4.69, 9.17) is 10.5 Å². The summed E-state index contributed by atoms with van der Waals surface area (Å²) in [6.07, 6.45) is 0.687. The van der Waals surface area contributed by atoms with E-state index < -0.39 is 17.7 Å². The van der Waals surface area contributed by atoms with Crippen molar-refractivity contribution in [1.82, 2.24) is 4.90 Å². The summed E-state index contributed by atoms with van der Waals surface area (Å²) in [4.78, 5) is 25.2. The molecular formula is C14H19FN2O3. The maximum absolute atomic E-state index is 13.0. The van der Waals surface area contributed by atoms with Crippen LogP contribution in [0, 0.1) is 5.82 Å². The molecule has 2 N–H and O–H groups in total. The van der Waals surface area contributed by atoms with Crippen molar-refractivity contribution in [2.45, 2.75) is 20.3 Å². The standard InChI is InChI=1S/C14H19FN2O3/c1-3-7-17(9-13(18)20-4-2)14(19)11-6-5-10(15)8-12(11)16/h5-6,8H,3-4,7,9,16H2,1-2H3. The lowest BCUT2D eigenvalue weighted by atomic mass is 10.1. The second-order valence-corrected chi connectivity index (χ2v) is 4.26. The highest BCUT2D eigenvalue weighted by atomic mass is 19.1. The minimum absolute atomic E-state index is 0.0555. The molecule has 1 aromatic carbocycles. The van der Waals surface area contributed by atoms with Crippen LogP contribution in [0.1, 0.15) is 30.6 Å². The first-order valence-electron chi connectivity index (χ1n) is 6.49. The zero-order valence-corrected chi connectivity index (χ0v) is 11.7. The average Bonchev–Trinajstić information content (AvgIpc) is 2.38. The summed E-state index contributed by atoms with van der Waals surface area (Å²) in [6, 6.07) is 3.57. The summed E-state index contributed by atoms with van der Waals surface area (Å²) in [6.45, 7) is 4.10. The first kappa shape index (κ1) is 15.9. The highest BCUT2D eigenvalue weighted by Gasteiger charge is 2.20. The molecule has 0 saturated carbocycles. The minimum Gasteiger partial charge on any atom is -0.465 e. The quantitative estimate of drug-likeness (QED) is 0.638. The molecule has 6 heteroatoms. The number of ether oxygens (including phenoxy) is 1. The Morgan fingerprint density at radius 1 is 1.35 bits per heavy atom. The summed E-state index contributed by atoms with van der Waals surface area (Å²) in [5, 5.41) is 0. The van der Waals surface area contributed by atoms with Crippen LogP contribution in [0.15, 0.2) is 18.2 Å². The number of hydrogen-bond acceptors (Lipinski definition) is 4. The van der Waals surface area contributed by atoms with Crippen LogP contribution < -0.4 is 5.73 Å². The van der Waals surface area contributed by atoms with Gasteiger partial charge in [0.15, 0.2) is 0 Å². The number of carbonyl (C=O) groups excluding carboxylic acids is 2. The predicted octanol–water partition coefficient (Wildman–Crippen LogP) is 1.82. The molecule has 0 radical (unpaired) electrons. The van der Waals surface area contributed by atoms with Gasteiger partial charge in [-0.1, -0.05) is 6.92 Å². The monoisotopic (exact) mass is 282 g/mol. The molecule has 0 heterocycles. The van der Waals surface area contributed by atoms with Gasteiger partial charge >= 0.3 is 5.97 Å². The van der Waals surface area contributed by atoms with E-state index in [9.17, 15) is 14.0 Å². The van der Waals surface area contributed by atoms with Gasteiger partial charge in [0.25, 0.3) is 5.91 Å². The number of nitrogen functional groups attached to an aromatic ring is 1. The van der Waals surface area contributed by atoms with Crippen LogP contribution in [0.2, 0.25) is 0 Å². The summed E-state index contributed by atoms with van der Waals surface area (Å²) in [5.41, 5.74) is 5.88. The number of nitrogens with zero attached hydrogens (tertiary/aromatic N) is 1. The lowest BCUT2D eigenvalue weighted by Crippen LogP contribution is -2.37. The molecular weight excluding hydrogens is 263 g/mol. The molecule has 1 amide bonds. The molecule has 5 nitrogen and oxygen atoms in total. The van der Waals surface area contributed by atoms with E-state index in [0.717, 1.165) is 12.1 Å². The molecule has 0 aliphatic rings. The van der Waals surface area contributed by atoms with Crippen LogP contribution in [0.4, 0.5) is 10.1 Å². The molecule has 0 unspecified atom stereocenters. The maximum atomic E-state index is 13.0. The number of benzene rings is 1. The average molecular weight is 282 g/mol. The number of hydrogen-bond donors (Lipinski definition) is 1. The molecule has 0 aliphatic carbocycles. The van der Waals surface area contributed by atoms with Crippen LogP contribution in [-0.4, -0.2) is 36.5 Å². The molecule has 0 fully saturated rings. The lowest BCUT2D eigenvalue weighted by Gasteiger charge is -2.21. The predicted molar refractivity (Wildman–Crippen MR) is 73.6 cm³/mol. The van der Waals surface area contributed by atoms with Crippen molar-refractivity contribution < 1.29 is 18.7 Å². The third kappa shape index (κ3) is 4.22. The Balaban J connectivity index is 2.90. The van der Waals surface area contributed by atoms with Gasteiger partial charge in [-0.15, -0.1) is 0 Å². The van der Waals surface area contributed by atoms with Gasteiger partial charge in [0, 0.05) is 12.2 Å². The molecule has 0 saturated heterocycles. The van der Waals surface area contributed by atoms with Crippen molar-refractivity contribution >= 4 is 17.6 Å². The van der Waals surface area contributed by atoms with Crippen LogP contribution in [0.5, 0.6) is 0 Å². The Kier molecular flexibility index (Phi) is 5.96. The van der Waals surface area contributed by atoms with Crippen LogP contribution in [-0.2, 0) is 9.53 Å². The van der Waals surface area contributed by atoms with Gasteiger partial charge < -0.3 is 15.4 Å². The maximum Gasteiger partial charge on any atom is 0.325 e. The lowest BCUT2D eigenvalue weighted by molar-refractivity contribution is -0.143. The first-order chi connectivity index (χ1) is 9.49. The number of anilines is 1. The summed E-state index contributed by atoms with van der Waals surface area (Å²) in [5.74, 6) is -1.39. The zero-order chi connectivity index (χ0) is 15.1. The van der Waals surface area contributed by atoms with Gasteiger partial charge in [-0.25, -0.2) is 4.39 Å². The summed E-state index contributed by atoms with van der Waals surface area (Å²) in [7, 11) is 0. The molecule has 20 heavy (non-hydrogen) atoms. The van der Waals surface area contributed by atoms with Crippen molar-refractivity contribution in [3.63, 3.8) is 0 Å². The fourth-order valence-electron chi connectivity index (χ4n) is 1.78. The van der Waals surface area contributed by atoms with Crippen LogP contribution in [0.25, 0.3) is 0 Å². The number of esters is 1. The van der Waals surface area contributed by atoms with E-state index >= 15 is 0 Å². The molecule has 1 rings (SSSR count). The van der Waals surface area contributed by atoms with E-state index in [2.05, 4.69) is 0 Å². The number of halogens is 1. The molecule has 0 bridgehead atoms. The van der Waals surface area contributed by atoms with Crippen molar-refractivity contribution in [3.05, 3.63) is 29.6 Å². The van der Waals surface area contributed by atoms with Gasteiger partial charge in [-0.2, -0.15) is 0 Å². The second kappa shape index (κ2) is 7.47. The molecule has 0 aromatic heterocycles. The van der Waals surface area contributed by atoms with Gasteiger partial charge in [-0.05, 0) is 31.5 Å². The van der Waals surface area contributed by atoms with Crippen molar-refractivity contribution in [2.24, 2.45) is 0 Å². The van der Waals surface area contributed by atoms with Crippen molar-refractivity contribution in [1.29, 1.82) is 0 Å². The summed E-state index contributed by atoms with van der Waals surface area (Å²) >= 11 is 0. The highest BCUT2D eigenvalue weighted by Crippen LogP contribution is 2.16. The topological polar surface area (TPSA) is 72.6 Å². The largest absolute Gasteiger partial charge is 0.465 e. The fourth-order valence-corrected chi connectivity index (χ4v) is 1.78. The van der Waals surface area contributed by atoms with Gasteiger partial charge in [0.05, 0.1) is 12.2 Å². The Labute approximate surface area is 117 Å². The van der Waals surface area contributed by atoms with E-state index in [0.29, 0.717) is 13.0 Å². The Bertz CT molecular complexity index is 491. The molecule has 0 atom stereocenters. The number of nitrogens with two attached hydrogens (primary N) is 1. The Hall–Kier alpha value is -2.11. The van der Waals surface area contributed by atoms with Crippen molar-refractivity contribution in [2.75, 3.05) is 25.4 Å². The first-order valence-corrected chi connectivity index (χ1v) is 6.49. The van der Waals surface area contributed by atoms with E-state index in [1.807, 2.05) is 6.92 Å². The number of carbonyl (C=O) groups is 2. The molecule has 1 aromatic rings. The normalized spacial score (nSPS) is 10.2. The number of rotatable bonds is 6.